The zero-order valence-electron chi connectivity index (χ0n) is 41.1. The number of carbonyl (C=O) groups is 1. The average molecular weight is 891 g/mol. The molecule has 8 nitrogen and oxygen atoms in total. The second kappa shape index (κ2) is 44.4. The van der Waals surface area contributed by atoms with Crippen molar-refractivity contribution in [1.82, 2.24) is 5.32 Å². The van der Waals surface area contributed by atoms with E-state index in [0.717, 1.165) is 51.4 Å². The Morgan fingerprint density at radius 3 is 1.40 bits per heavy atom. The summed E-state index contributed by atoms with van der Waals surface area (Å²) in [5.41, 5.74) is 0. The number of nitrogens with one attached hydrogen (secondary N) is 1. The van der Waals surface area contributed by atoms with E-state index in [9.17, 15) is 19.4 Å². The molecule has 0 saturated carbocycles. The van der Waals surface area contributed by atoms with Gasteiger partial charge in [-0.3, -0.25) is 9.36 Å². The Labute approximate surface area is 383 Å². The molecule has 0 aromatic rings. The lowest BCUT2D eigenvalue weighted by Gasteiger charge is -2.29. The van der Waals surface area contributed by atoms with Gasteiger partial charge in [-0.2, -0.15) is 0 Å². The number of carbonyl (C=O) groups excluding carboxylic acids is 1. The van der Waals surface area contributed by atoms with Gasteiger partial charge in [0.2, 0.25) is 5.91 Å². The third kappa shape index (κ3) is 46.2. The first-order valence-corrected chi connectivity index (χ1v) is 27.1. The van der Waals surface area contributed by atoms with Gasteiger partial charge in [-0.1, -0.05) is 197 Å². The lowest BCUT2D eigenvalue weighted by molar-refractivity contribution is -0.870. The molecule has 0 saturated heterocycles. The monoisotopic (exact) mass is 891 g/mol. The molecule has 0 radical (unpaired) electrons. The Kier molecular flexibility index (Phi) is 43.1. The van der Waals surface area contributed by atoms with Gasteiger partial charge in [0.25, 0.3) is 7.82 Å². The van der Waals surface area contributed by atoms with Gasteiger partial charge in [0.1, 0.15) is 13.2 Å². The molecule has 0 aromatic heterocycles. The first kappa shape index (κ1) is 60.2. The van der Waals surface area contributed by atoms with Gasteiger partial charge in [0.15, 0.2) is 0 Å². The molecule has 0 bridgehead atoms. The molecule has 9 heteroatoms. The van der Waals surface area contributed by atoms with Crippen LogP contribution < -0.4 is 10.2 Å². The van der Waals surface area contributed by atoms with Crippen molar-refractivity contribution in [2.75, 3.05) is 40.9 Å². The summed E-state index contributed by atoms with van der Waals surface area (Å²) in [6.45, 7) is 4.60. The van der Waals surface area contributed by atoms with Crippen molar-refractivity contribution in [3.8, 4) is 0 Å². The Morgan fingerprint density at radius 1 is 0.565 bits per heavy atom. The summed E-state index contributed by atoms with van der Waals surface area (Å²) < 4.78 is 23.3. The number of hydrogen-bond acceptors (Lipinski definition) is 6. The largest absolute Gasteiger partial charge is 0.756 e. The molecule has 62 heavy (non-hydrogen) atoms. The summed E-state index contributed by atoms with van der Waals surface area (Å²) in [5, 5.41) is 13.8. The number of likely N-dealkylation sites (N-methyl/N-ethyl adjacent to an activating group) is 1. The number of amides is 1. The number of quaternary nitrogens is 1. The fourth-order valence-electron chi connectivity index (χ4n) is 7.10. The molecular formula is C53H99N2O6P. The number of allylic oxidation sites excluding steroid dienone is 9. The average Bonchev–Trinajstić information content (AvgIpc) is 3.23. The van der Waals surface area contributed by atoms with Crippen LogP contribution in [0.5, 0.6) is 0 Å². The number of aliphatic hydroxyl groups excluding tert-OH is 1. The van der Waals surface area contributed by atoms with E-state index in [4.69, 9.17) is 9.05 Å². The fraction of sp³-hybridized carbons (Fsp3) is 0.792. The lowest BCUT2D eigenvalue weighted by Crippen LogP contribution is -2.45. The normalized spacial score (nSPS) is 14.6. The highest BCUT2D eigenvalue weighted by molar-refractivity contribution is 7.45. The van der Waals surface area contributed by atoms with Crippen molar-refractivity contribution in [2.24, 2.45) is 0 Å². The predicted octanol–water partition coefficient (Wildman–Crippen LogP) is 14.3. The van der Waals surface area contributed by atoms with Crippen molar-refractivity contribution < 1.29 is 32.9 Å². The molecule has 0 rings (SSSR count). The molecule has 0 aliphatic heterocycles. The number of nitrogens with zero attached hydrogens (tertiary/aromatic N) is 1. The van der Waals surface area contributed by atoms with Crippen molar-refractivity contribution in [3.05, 3.63) is 60.8 Å². The van der Waals surface area contributed by atoms with E-state index < -0.39 is 26.6 Å². The minimum Gasteiger partial charge on any atom is -0.756 e. The van der Waals surface area contributed by atoms with E-state index in [2.05, 4.69) is 67.8 Å². The lowest BCUT2D eigenvalue weighted by atomic mass is 10.1. The number of phosphoric acid groups is 1. The van der Waals surface area contributed by atoms with Crippen LogP contribution in [0.15, 0.2) is 60.8 Å². The molecule has 0 aromatic carbocycles. The van der Waals surface area contributed by atoms with Gasteiger partial charge in [-0.05, 0) is 77.0 Å². The van der Waals surface area contributed by atoms with Crippen molar-refractivity contribution >= 4 is 13.7 Å². The smallest absolute Gasteiger partial charge is 0.268 e. The maximum absolute atomic E-state index is 12.9. The second-order valence-corrected chi connectivity index (χ2v) is 19.9. The second-order valence-electron chi connectivity index (χ2n) is 18.5. The first-order valence-electron chi connectivity index (χ1n) is 25.7. The number of rotatable bonds is 46. The standard InChI is InChI=1S/C53H99N2O6P/c1-6-8-10-12-14-16-18-20-22-24-26-27-29-31-33-35-37-39-41-43-45-47-53(57)54-51(50-61-62(58,59)60-49-48-55(3,4)5)52(56)46-44-42-40-38-36-34-32-30-28-25-23-21-19-17-15-13-11-9-7-2/h18,20,24,26,28,30,36,38,44,46,51-52,56H,6-17,19,21-23,25,27,29,31-35,37,39-43,45,47-50H2,1-5H3,(H-,54,57,58,59)/b20-18-,26-24-,30-28+,38-36+,46-44+. The van der Waals surface area contributed by atoms with E-state index in [0.29, 0.717) is 17.4 Å². The number of hydrogen-bond donors (Lipinski definition) is 2. The van der Waals surface area contributed by atoms with Gasteiger partial charge in [-0.15, -0.1) is 0 Å². The Hall–Kier alpha value is -1.80. The molecule has 3 unspecified atom stereocenters. The minimum absolute atomic E-state index is 0.0117. The van der Waals surface area contributed by atoms with Gasteiger partial charge in [-0.25, -0.2) is 0 Å². The van der Waals surface area contributed by atoms with Crippen molar-refractivity contribution in [2.45, 2.75) is 231 Å². The van der Waals surface area contributed by atoms with Crippen LogP contribution in [0.2, 0.25) is 0 Å². The zero-order chi connectivity index (χ0) is 45.7. The Balaban J connectivity index is 4.40. The molecule has 1 amide bonds. The molecule has 3 atom stereocenters. The first-order chi connectivity index (χ1) is 30.0. The summed E-state index contributed by atoms with van der Waals surface area (Å²) in [7, 11) is 1.23. The fourth-order valence-corrected chi connectivity index (χ4v) is 7.82. The highest BCUT2D eigenvalue weighted by atomic mass is 31.2. The van der Waals surface area contributed by atoms with Gasteiger partial charge < -0.3 is 28.8 Å². The molecular weight excluding hydrogens is 792 g/mol. The molecule has 0 heterocycles. The van der Waals surface area contributed by atoms with Gasteiger partial charge >= 0.3 is 0 Å². The van der Waals surface area contributed by atoms with Gasteiger partial charge in [0.05, 0.1) is 39.9 Å². The topological polar surface area (TPSA) is 108 Å². The minimum atomic E-state index is -4.61. The van der Waals surface area contributed by atoms with Crippen LogP contribution in [0, 0.1) is 0 Å². The summed E-state index contributed by atoms with van der Waals surface area (Å²) in [6, 6.07) is -0.914. The summed E-state index contributed by atoms with van der Waals surface area (Å²) in [4.78, 5) is 25.4. The summed E-state index contributed by atoms with van der Waals surface area (Å²) in [5.74, 6) is -0.217. The number of unbranched alkanes of at least 4 members (excludes halogenated alkanes) is 25. The molecule has 0 spiro atoms. The van der Waals surface area contributed by atoms with Crippen LogP contribution in [0.3, 0.4) is 0 Å². The van der Waals surface area contributed by atoms with Crippen LogP contribution in [0.4, 0.5) is 0 Å². The van der Waals surface area contributed by atoms with Crippen LogP contribution in [0.1, 0.15) is 219 Å². The van der Waals surface area contributed by atoms with Gasteiger partial charge in [0, 0.05) is 6.42 Å². The maximum Gasteiger partial charge on any atom is 0.268 e. The Bertz CT molecular complexity index is 1190. The molecule has 0 aliphatic rings. The molecule has 0 aliphatic carbocycles. The third-order valence-electron chi connectivity index (χ3n) is 11.2. The summed E-state index contributed by atoms with van der Waals surface area (Å²) >= 11 is 0. The van der Waals surface area contributed by atoms with E-state index in [1.807, 2.05) is 27.2 Å². The van der Waals surface area contributed by atoms with E-state index in [-0.39, 0.29) is 12.5 Å². The molecule has 0 fully saturated rings. The molecule has 2 N–H and O–H groups in total. The van der Waals surface area contributed by atoms with E-state index in [1.54, 1.807) is 6.08 Å². The number of phosphoric ester groups is 1. The molecule has 362 valence electrons. The van der Waals surface area contributed by atoms with Crippen LogP contribution >= 0.6 is 7.82 Å². The van der Waals surface area contributed by atoms with E-state index in [1.165, 1.54) is 148 Å². The van der Waals surface area contributed by atoms with Crippen LogP contribution in [0.25, 0.3) is 0 Å². The van der Waals surface area contributed by atoms with Crippen molar-refractivity contribution in [3.63, 3.8) is 0 Å². The quantitative estimate of drug-likeness (QED) is 0.0273. The summed E-state index contributed by atoms with van der Waals surface area (Å²) in [6.07, 6.45) is 58.5. The van der Waals surface area contributed by atoms with Crippen LogP contribution in [-0.4, -0.2) is 68.5 Å². The third-order valence-corrected chi connectivity index (χ3v) is 12.1. The van der Waals surface area contributed by atoms with E-state index >= 15 is 0 Å². The predicted molar refractivity (Wildman–Crippen MR) is 265 cm³/mol. The maximum atomic E-state index is 12.9. The highest BCUT2D eigenvalue weighted by Crippen LogP contribution is 2.38. The van der Waals surface area contributed by atoms with Crippen molar-refractivity contribution in [1.29, 1.82) is 0 Å². The van der Waals surface area contributed by atoms with Crippen LogP contribution in [-0.2, 0) is 18.4 Å². The zero-order valence-corrected chi connectivity index (χ0v) is 42.0. The Morgan fingerprint density at radius 2 is 0.952 bits per heavy atom. The highest BCUT2D eigenvalue weighted by Gasteiger charge is 2.23. The SMILES string of the molecule is CCCCCCC/C=C\C/C=C\CCCCCCCCCCCC(=O)NC(COP(=O)([O-])OCC[N+](C)(C)C)C(O)/C=C/CC/C=C/CC/C=C/CCCCCCCCCCC. The number of aliphatic hydroxyl groups is 1.